The second-order valence-corrected chi connectivity index (χ2v) is 9.15. The van der Waals surface area contributed by atoms with Crippen molar-refractivity contribution in [3.05, 3.63) is 53.3 Å². The molecule has 1 fully saturated rings. The van der Waals surface area contributed by atoms with Gasteiger partial charge >= 0.3 is 0 Å². The standard InChI is InChI=1S/C24H31N5O2/c1-17-5-7-18(8-6-17)19-15-20(23(30)25-9-10-28-11-13-31-14-12-28)29-22(26-19)16-21(27-29)24(2,3)4/h5-8,15-16H,9-14H2,1-4H3,(H,25,30). The molecule has 1 saturated heterocycles. The molecule has 4 rings (SSSR count). The number of rotatable bonds is 5. The Kier molecular flexibility index (Phi) is 6.07. The third-order valence-electron chi connectivity index (χ3n) is 5.59. The second kappa shape index (κ2) is 8.77. The van der Waals surface area contributed by atoms with Gasteiger partial charge in [-0.15, -0.1) is 0 Å². The van der Waals surface area contributed by atoms with Crippen LogP contribution in [0.25, 0.3) is 16.9 Å². The Morgan fingerprint density at radius 1 is 1.13 bits per heavy atom. The number of aromatic nitrogens is 3. The fourth-order valence-corrected chi connectivity index (χ4v) is 3.62. The molecule has 1 aliphatic heterocycles. The summed E-state index contributed by atoms with van der Waals surface area (Å²) in [5.74, 6) is -0.141. The van der Waals surface area contributed by atoms with Gasteiger partial charge in [0.15, 0.2) is 5.65 Å². The van der Waals surface area contributed by atoms with E-state index in [1.54, 1.807) is 4.52 Å². The molecule has 3 aromatic rings. The number of nitrogens with zero attached hydrogens (tertiary/aromatic N) is 4. The Morgan fingerprint density at radius 3 is 2.52 bits per heavy atom. The molecule has 1 aromatic carbocycles. The van der Waals surface area contributed by atoms with Crippen molar-refractivity contribution in [1.29, 1.82) is 0 Å². The van der Waals surface area contributed by atoms with Crippen LogP contribution in [0.15, 0.2) is 36.4 Å². The summed E-state index contributed by atoms with van der Waals surface area (Å²) in [6, 6.07) is 12.0. The molecule has 1 amide bonds. The number of nitrogens with one attached hydrogen (secondary N) is 1. The lowest BCUT2D eigenvalue weighted by atomic mass is 9.93. The highest BCUT2D eigenvalue weighted by Gasteiger charge is 2.22. The lowest BCUT2D eigenvalue weighted by molar-refractivity contribution is 0.0383. The number of morpholine rings is 1. The Labute approximate surface area is 183 Å². The number of carbonyl (C=O) groups excluding carboxylic acids is 1. The molecule has 1 N–H and O–H groups in total. The van der Waals surface area contributed by atoms with Crippen LogP contribution in [0.5, 0.6) is 0 Å². The summed E-state index contributed by atoms with van der Waals surface area (Å²) in [5, 5.41) is 7.78. The summed E-state index contributed by atoms with van der Waals surface area (Å²) in [5.41, 5.74) is 4.88. The highest BCUT2D eigenvalue weighted by Crippen LogP contribution is 2.25. The van der Waals surface area contributed by atoms with Gasteiger partial charge in [-0.3, -0.25) is 9.69 Å². The minimum absolute atomic E-state index is 0.137. The summed E-state index contributed by atoms with van der Waals surface area (Å²) >= 11 is 0. The average molecular weight is 422 g/mol. The van der Waals surface area contributed by atoms with E-state index >= 15 is 0 Å². The van der Waals surface area contributed by atoms with E-state index in [0.717, 1.165) is 49.8 Å². The number of ether oxygens (including phenoxy) is 1. The zero-order valence-electron chi connectivity index (χ0n) is 18.8. The second-order valence-electron chi connectivity index (χ2n) is 9.15. The first-order chi connectivity index (χ1) is 14.8. The third-order valence-corrected chi connectivity index (χ3v) is 5.59. The molecular weight excluding hydrogens is 390 g/mol. The molecule has 7 nitrogen and oxygen atoms in total. The van der Waals surface area contributed by atoms with E-state index in [4.69, 9.17) is 14.8 Å². The average Bonchev–Trinajstić information content (AvgIpc) is 3.19. The Balaban J connectivity index is 1.64. The summed E-state index contributed by atoms with van der Waals surface area (Å²) in [7, 11) is 0. The molecule has 1 aliphatic rings. The van der Waals surface area contributed by atoms with E-state index < -0.39 is 0 Å². The molecule has 164 valence electrons. The van der Waals surface area contributed by atoms with E-state index in [9.17, 15) is 4.79 Å². The first-order valence-corrected chi connectivity index (χ1v) is 10.9. The Hall–Kier alpha value is -2.77. The molecule has 3 heterocycles. The number of hydrogen-bond acceptors (Lipinski definition) is 5. The van der Waals surface area contributed by atoms with Gasteiger partial charge in [0.05, 0.1) is 24.6 Å². The Bertz CT molecular complexity index is 1060. The fraction of sp³-hybridized carbons (Fsp3) is 0.458. The van der Waals surface area contributed by atoms with Gasteiger partial charge in [-0.2, -0.15) is 5.10 Å². The predicted molar refractivity (Wildman–Crippen MR) is 121 cm³/mol. The number of benzene rings is 1. The molecule has 0 atom stereocenters. The van der Waals surface area contributed by atoms with Crippen LogP contribution in [0.4, 0.5) is 0 Å². The molecule has 31 heavy (non-hydrogen) atoms. The molecule has 0 unspecified atom stereocenters. The van der Waals surface area contributed by atoms with Crippen LogP contribution in [0.2, 0.25) is 0 Å². The highest BCUT2D eigenvalue weighted by molar-refractivity contribution is 5.94. The molecule has 0 saturated carbocycles. The molecular formula is C24H31N5O2. The summed E-state index contributed by atoms with van der Waals surface area (Å²) in [4.78, 5) is 20.3. The smallest absolute Gasteiger partial charge is 0.270 e. The molecule has 0 spiro atoms. The van der Waals surface area contributed by atoms with Crippen molar-refractivity contribution in [3.8, 4) is 11.3 Å². The van der Waals surface area contributed by atoms with Crippen LogP contribution in [0.3, 0.4) is 0 Å². The quantitative estimate of drug-likeness (QED) is 0.686. The van der Waals surface area contributed by atoms with Crippen LogP contribution in [0.1, 0.15) is 42.5 Å². The largest absolute Gasteiger partial charge is 0.379 e. The first-order valence-electron chi connectivity index (χ1n) is 10.9. The van der Waals surface area contributed by atoms with E-state index in [2.05, 4.69) is 50.0 Å². The summed E-state index contributed by atoms with van der Waals surface area (Å²) in [6.07, 6.45) is 0. The van der Waals surface area contributed by atoms with Gasteiger partial charge in [0.25, 0.3) is 5.91 Å². The van der Waals surface area contributed by atoms with Crippen LogP contribution in [0, 0.1) is 6.92 Å². The van der Waals surface area contributed by atoms with Crippen molar-refractivity contribution in [2.24, 2.45) is 0 Å². The van der Waals surface area contributed by atoms with Gasteiger partial charge in [-0.25, -0.2) is 9.50 Å². The van der Waals surface area contributed by atoms with Gasteiger partial charge in [0.2, 0.25) is 0 Å². The van der Waals surface area contributed by atoms with Gasteiger partial charge in [-0.05, 0) is 13.0 Å². The predicted octanol–water partition coefficient (Wildman–Crippen LogP) is 3.06. The van der Waals surface area contributed by atoms with Crippen LogP contribution in [-0.4, -0.2) is 64.8 Å². The van der Waals surface area contributed by atoms with Crippen molar-refractivity contribution in [2.75, 3.05) is 39.4 Å². The lowest BCUT2D eigenvalue weighted by Gasteiger charge is -2.26. The lowest BCUT2D eigenvalue weighted by Crippen LogP contribution is -2.41. The number of fused-ring (bicyclic) bond motifs is 1. The van der Waals surface area contributed by atoms with Crippen molar-refractivity contribution in [1.82, 2.24) is 24.8 Å². The number of aryl methyl sites for hydroxylation is 1. The van der Waals surface area contributed by atoms with Crippen molar-refractivity contribution < 1.29 is 9.53 Å². The monoisotopic (exact) mass is 421 g/mol. The first kappa shape index (κ1) is 21.5. The zero-order valence-corrected chi connectivity index (χ0v) is 18.8. The SMILES string of the molecule is Cc1ccc(-c2cc(C(=O)NCCN3CCOCC3)n3nc(C(C)(C)C)cc3n2)cc1. The van der Waals surface area contributed by atoms with Gasteiger partial charge in [0, 0.05) is 43.2 Å². The highest BCUT2D eigenvalue weighted by atomic mass is 16.5. The number of hydrogen-bond donors (Lipinski definition) is 1. The van der Waals surface area contributed by atoms with E-state index in [-0.39, 0.29) is 11.3 Å². The minimum Gasteiger partial charge on any atom is -0.379 e. The summed E-state index contributed by atoms with van der Waals surface area (Å²) < 4.78 is 7.06. The van der Waals surface area contributed by atoms with Crippen LogP contribution < -0.4 is 5.32 Å². The van der Waals surface area contributed by atoms with Crippen molar-refractivity contribution in [2.45, 2.75) is 33.1 Å². The molecule has 2 aromatic heterocycles. The third kappa shape index (κ3) is 4.94. The van der Waals surface area contributed by atoms with Gasteiger partial charge in [-0.1, -0.05) is 50.6 Å². The van der Waals surface area contributed by atoms with Crippen molar-refractivity contribution >= 4 is 11.6 Å². The van der Waals surface area contributed by atoms with E-state index in [0.29, 0.717) is 17.9 Å². The Morgan fingerprint density at radius 2 is 1.84 bits per heavy atom. The maximum absolute atomic E-state index is 13.2. The van der Waals surface area contributed by atoms with Gasteiger partial charge < -0.3 is 10.1 Å². The van der Waals surface area contributed by atoms with Crippen LogP contribution in [-0.2, 0) is 10.2 Å². The fourth-order valence-electron chi connectivity index (χ4n) is 3.62. The van der Waals surface area contributed by atoms with E-state index in [1.165, 1.54) is 5.56 Å². The molecule has 0 aliphatic carbocycles. The van der Waals surface area contributed by atoms with Crippen molar-refractivity contribution in [3.63, 3.8) is 0 Å². The topological polar surface area (TPSA) is 71.8 Å². The minimum atomic E-state index is -0.141. The number of carbonyl (C=O) groups is 1. The molecule has 0 radical (unpaired) electrons. The zero-order chi connectivity index (χ0) is 22.0. The van der Waals surface area contributed by atoms with Gasteiger partial charge in [0.1, 0.15) is 5.69 Å². The van der Waals surface area contributed by atoms with Crippen LogP contribution >= 0.6 is 0 Å². The summed E-state index contributed by atoms with van der Waals surface area (Å²) in [6.45, 7) is 13.1. The molecule has 7 heteroatoms. The van der Waals surface area contributed by atoms with E-state index in [1.807, 2.05) is 24.3 Å². The molecule has 0 bridgehead atoms. The normalized spacial score (nSPS) is 15.4. The maximum atomic E-state index is 13.2. The maximum Gasteiger partial charge on any atom is 0.270 e. The number of amides is 1.